The third-order valence-electron chi connectivity index (χ3n) is 3.73. The van der Waals surface area contributed by atoms with Crippen LogP contribution in [-0.2, 0) is 4.94 Å². The van der Waals surface area contributed by atoms with E-state index < -0.39 is 0 Å². The van der Waals surface area contributed by atoms with Gasteiger partial charge in [-0.15, -0.1) is 0 Å². The van der Waals surface area contributed by atoms with E-state index in [-0.39, 0.29) is 0 Å². The number of hydrogen-bond donors (Lipinski definition) is 1. The van der Waals surface area contributed by atoms with E-state index in [4.69, 9.17) is 16.5 Å². The number of hydroxylamine groups is 2. The summed E-state index contributed by atoms with van der Waals surface area (Å²) in [5.41, 5.74) is 3.92. The fourth-order valence-corrected chi connectivity index (χ4v) is 3.01. The smallest absolute Gasteiger partial charge is 0.0624 e. The molecule has 1 saturated carbocycles. The van der Waals surface area contributed by atoms with Crippen molar-refractivity contribution in [3.63, 3.8) is 0 Å². The minimum atomic E-state index is 0.601. The molecule has 2 aliphatic heterocycles. The average molecular weight is 253 g/mol. The van der Waals surface area contributed by atoms with Crippen molar-refractivity contribution in [3.05, 3.63) is 29.3 Å². The minimum absolute atomic E-state index is 0.601. The summed E-state index contributed by atoms with van der Waals surface area (Å²) in [4.78, 5) is 5.66. The third-order valence-corrected chi connectivity index (χ3v) is 3.98. The summed E-state index contributed by atoms with van der Waals surface area (Å²) in [7, 11) is 0. The highest BCUT2D eigenvalue weighted by atomic mass is 35.5. The first kappa shape index (κ1) is 11.3. The van der Waals surface area contributed by atoms with E-state index in [2.05, 4.69) is 17.5 Å². The number of hydrogen-bond acceptors (Lipinski definition) is 3. The van der Waals surface area contributed by atoms with E-state index in [1.54, 1.807) is 0 Å². The van der Waals surface area contributed by atoms with Gasteiger partial charge >= 0.3 is 0 Å². The number of fused-ring (bicyclic) bond motifs is 2. The van der Waals surface area contributed by atoms with Gasteiger partial charge in [0.2, 0.25) is 0 Å². The van der Waals surface area contributed by atoms with Gasteiger partial charge in [0.05, 0.1) is 5.69 Å². The van der Waals surface area contributed by atoms with Crippen molar-refractivity contribution >= 4 is 17.3 Å². The van der Waals surface area contributed by atoms with Gasteiger partial charge in [-0.05, 0) is 49.4 Å². The number of benzene rings is 1. The summed E-state index contributed by atoms with van der Waals surface area (Å²) in [6.45, 7) is 2.32. The highest BCUT2D eigenvalue weighted by Crippen LogP contribution is 2.41. The van der Waals surface area contributed by atoms with Crippen molar-refractivity contribution in [2.75, 3.05) is 5.48 Å². The fourth-order valence-electron chi connectivity index (χ4n) is 2.88. The Hall–Kier alpha value is -0.770. The number of nitrogens with one attached hydrogen (secondary N) is 1. The van der Waals surface area contributed by atoms with Gasteiger partial charge in [0.25, 0.3) is 0 Å². The van der Waals surface area contributed by atoms with Gasteiger partial charge in [-0.1, -0.05) is 18.5 Å². The molecule has 1 aromatic rings. The molecule has 2 unspecified atom stereocenters. The molecular weight excluding hydrogens is 236 g/mol. The largest absolute Gasteiger partial charge is 0.248 e. The normalized spacial score (nSPS) is 32.0. The highest BCUT2D eigenvalue weighted by Gasteiger charge is 2.45. The molecular formula is C13H17ClN2O. The second kappa shape index (κ2) is 4.48. The average Bonchev–Trinajstić information content (AvgIpc) is 2.31. The van der Waals surface area contributed by atoms with E-state index in [1.807, 2.05) is 24.3 Å². The van der Waals surface area contributed by atoms with Crippen LogP contribution >= 0.6 is 11.6 Å². The van der Waals surface area contributed by atoms with Crippen LogP contribution in [0.25, 0.3) is 0 Å². The summed E-state index contributed by atoms with van der Waals surface area (Å²) in [5, 5.41) is 2.85. The van der Waals surface area contributed by atoms with Gasteiger partial charge < -0.3 is 0 Å². The van der Waals surface area contributed by atoms with Crippen molar-refractivity contribution in [2.24, 2.45) is 5.92 Å². The van der Waals surface area contributed by atoms with Crippen LogP contribution in [-0.4, -0.2) is 17.1 Å². The van der Waals surface area contributed by atoms with Gasteiger partial charge in [-0.25, -0.2) is 5.48 Å². The lowest BCUT2D eigenvalue weighted by Gasteiger charge is -2.52. The van der Waals surface area contributed by atoms with Gasteiger partial charge in [0.15, 0.2) is 0 Å². The van der Waals surface area contributed by atoms with Crippen LogP contribution in [0.1, 0.15) is 26.2 Å². The Morgan fingerprint density at radius 3 is 2.47 bits per heavy atom. The molecule has 1 aliphatic carbocycles. The van der Waals surface area contributed by atoms with Crippen LogP contribution in [0.15, 0.2) is 24.3 Å². The maximum Gasteiger partial charge on any atom is 0.0624 e. The lowest BCUT2D eigenvalue weighted by Crippen LogP contribution is -2.60. The van der Waals surface area contributed by atoms with Crippen LogP contribution < -0.4 is 5.48 Å². The number of piperidine rings is 1. The zero-order valence-corrected chi connectivity index (χ0v) is 10.7. The molecule has 1 N–H and O–H groups in total. The molecule has 3 fully saturated rings. The van der Waals surface area contributed by atoms with Crippen molar-refractivity contribution in [2.45, 2.75) is 38.3 Å². The lowest BCUT2D eigenvalue weighted by atomic mass is 9.76. The van der Waals surface area contributed by atoms with Crippen molar-refractivity contribution in [1.29, 1.82) is 0 Å². The summed E-state index contributed by atoms with van der Waals surface area (Å²) in [6.07, 6.45) is 3.78. The quantitative estimate of drug-likeness (QED) is 0.834. The molecule has 2 atom stereocenters. The SMILES string of the molecule is CC1CC2CC(C1)N2ONc1ccc(Cl)cc1. The molecule has 0 spiro atoms. The van der Waals surface area contributed by atoms with E-state index in [1.165, 1.54) is 19.3 Å². The third kappa shape index (κ3) is 2.28. The molecule has 1 aromatic carbocycles. The lowest BCUT2D eigenvalue weighted by molar-refractivity contribution is -0.270. The van der Waals surface area contributed by atoms with Gasteiger partial charge in [0, 0.05) is 17.1 Å². The Morgan fingerprint density at radius 2 is 1.82 bits per heavy atom. The van der Waals surface area contributed by atoms with E-state index in [9.17, 15) is 0 Å². The summed E-state index contributed by atoms with van der Waals surface area (Å²) >= 11 is 5.83. The molecule has 2 bridgehead atoms. The Morgan fingerprint density at radius 1 is 1.18 bits per heavy atom. The van der Waals surface area contributed by atoms with Gasteiger partial charge in [0.1, 0.15) is 0 Å². The van der Waals surface area contributed by atoms with E-state index in [0.29, 0.717) is 12.1 Å². The van der Waals surface area contributed by atoms with Crippen molar-refractivity contribution < 1.29 is 4.94 Å². The van der Waals surface area contributed by atoms with Gasteiger partial charge in [-0.2, -0.15) is 10.0 Å². The highest BCUT2D eigenvalue weighted by molar-refractivity contribution is 6.30. The predicted molar refractivity (Wildman–Crippen MR) is 68.6 cm³/mol. The topological polar surface area (TPSA) is 24.5 Å². The molecule has 4 heteroatoms. The monoisotopic (exact) mass is 252 g/mol. The van der Waals surface area contributed by atoms with Crippen LogP contribution in [0, 0.1) is 5.92 Å². The molecule has 92 valence electrons. The standard InChI is InChI=1S/C13H17ClN2O/c1-9-6-12-8-13(7-9)16(12)17-15-11-4-2-10(14)3-5-11/h2-5,9,12-13,15H,6-8H2,1H3. The molecule has 2 saturated heterocycles. The van der Waals surface area contributed by atoms with E-state index >= 15 is 0 Å². The Bertz CT molecular complexity index is 383. The Balaban J connectivity index is 1.54. The first-order valence-electron chi connectivity index (χ1n) is 6.19. The molecule has 17 heavy (non-hydrogen) atoms. The molecule has 0 amide bonds. The Kier molecular flexibility index (Phi) is 2.99. The summed E-state index contributed by atoms with van der Waals surface area (Å²) in [5.74, 6) is 0.842. The van der Waals surface area contributed by atoms with Crippen LogP contribution in [0.3, 0.4) is 0 Å². The van der Waals surface area contributed by atoms with Crippen LogP contribution in [0.5, 0.6) is 0 Å². The minimum Gasteiger partial charge on any atom is -0.248 e. The molecule has 4 rings (SSSR count). The molecule has 3 nitrogen and oxygen atoms in total. The maximum atomic E-state index is 5.83. The summed E-state index contributed by atoms with van der Waals surface area (Å²) in [6, 6.07) is 8.74. The number of nitrogens with zero attached hydrogens (tertiary/aromatic N) is 1. The Labute approximate surface area is 107 Å². The van der Waals surface area contributed by atoms with Crippen LogP contribution in [0.2, 0.25) is 5.02 Å². The fraction of sp³-hybridized carbons (Fsp3) is 0.538. The first-order chi connectivity index (χ1) is 8.22. The van der Waals surface area contributed by atoms with Gasteiger partial charge in [-0.3, -0.25) is 0 Å². The maximum absolute atomic E-state index is 5.83. The van der Waals surface area contributed by atoms with Crippen molar-refractivity contribution in [1.82, 2.24) is 5.06 Å². The van der Waals surface area contributed by atoms with Crippen molar-refractivity contribution in [3.8, 4) is 0 Å². The molecule has 3 aliphatic rings. The first-order valence-corrected chi connectivity index (χ1v) is 6.57. The predicted octanol–water partition coefficient (Wildman–Crippen LogP) is 3.47. The zero-order valence-electron chi connectivity index (χ0n) is 9.90. The summed E-state index contributed by atoms with van der Waals surface area (Å²) < 4.78 is 0. The van der Waals surface area contributed by atoms with E-state index in [0.717, 1.165) is 16.6 Å². The zero-order chi connectivity index (χ0) is 11.8. The molecule has 0 aromatic heterocycles. The second-order valence-electron chi connectivity index (χ2n) is 5.18. The molecule has 0 radical (unpaired) electrons. The number of anilines is 1. The number of rotatable bonds is 3. The second-order valence-corrected chi connectivity index (χ2v) is 5.62. The molecule has 2 heterocycles. The van der Waals surface area contributed by atoms with Crippen LogP contribution in [0.4, 0.5) is 5.69 Å². The number of halogens is 1.